The van der Waals surface area contributed by atoms with Gasteiger partial charge in [0, 0.05) is 11.1 Å². The molecular weight excluding hydrogens is 362 g/mol. The van der Waals surface area contributed by atoms with E-state index in [-0.39, 0.29) is 12.2 Å². The molecule has 0 bridgehead atoms. The zero-order valence-corrected chi connectivity index (χ0v) is 15.1. The van der Waals surface area contributed by atoms with Crippen LogP contribution in [0.5, 0.6) is 0 Å². The number of nitrogens with one attached hydrogen (secondary N) is 1. The van der Waals surface area contributed by atoms with Crippen molar-refractivity contribution >= 4 is 38.4 Å². The maximum Gasteiger partial charge on any atom is 0.339 e. The minimum absolute atomic E-state index is 0.0781. The number of carbonyl (C=O) groups is 1. The Morgan fingerprint density at radius 2 is 2.04 bits per heavy atom. The van der Waals surface area contributed by atoms with Crippen molar-refractivity contribution in [3.63, 3.8) is 0 Å². The Hall–Kier alpha value is -3.06. The molecule has 1 N–H and O–H groups in total. The van der Waals surface area contributed by atoms with E-state index in [0.29, 0.717) is 21.6 Å². The molecule has 0 radical (unpaired) electrons. The van der Waals surface area contributed by atoms with E-state index in [4.69, 9.17) is 9.72 Å². The van der Waals surface area contributed by atoms with Gasteiger partial charge in [-0.3, -0.25) is 9.78 Å². The summed E-state index contributed by atoms with van der Waals surface area (Å²) in [5, 5.41) is 2.62. The van der Waals surface area contributed by atoms with Crippen molar-refractivity contribution < 1.29 is 9.53 Å². The van der Waals surface area contributed by atoms with Crippen LogP contribution in [0, 0.1) is 0 Å². The van der Waals surface area contributed by atoms with E-state index in [0.717, 1.165) is 41.4 Å². The second-order valence-electron chi connectivity index (χ2n) is 6.51. The Morgan fingerprint density at radius 1 is 1.15 bits per heavy atom. The van der Waals surface area contributed by atoms with Gasteiger partial charge in [0.2, 0.25) is 0 Å². The normalized spacial score (nSPS) is 13.2. The highest BCUT2D eigenvalue weighted by atomic mass is 32.1. The number of H-pyrrole nitrogens is 1. The average Bonchev–Trinajstić information content (AvgIpc) is 3.33. The largest absolute Gasteiger partial charge is 0.454 e. The van der Waals surface area contributed by atoms with Crippen molar-refractivity contribution in [3.05, 3.63) is 68.7 Å². The summed E-state index contributed by atoms with van der Waals surface area (Å²) in [6.07, 6.45) is 2.69. The van der Waals surface area contributed by atoms with E-state index < -0.39 is 5.97 Å². The molecule has 0 spiro atoms. The maximum atomic E-state index is 12.9. The van der Waals surface area contributed by atoms with Crippen LogP contribution in [0.2, 0.25) is 0 Å². The molecule has 3 heterocycles. The lowest BCUT2D eigenvalue weighted by molar-refractivity contribution is 0.0463. The predicted molar refractivity (Wildman–Crippen MR) is 103 cm³/mol. The Labute approximate surface area is 157 Å². The number of para-hydroxylation sites is 1. The first-order chi connectivity index (χ1) is 13.2. The predicted octanol–water partition coefficient (Wildman–Crippen LogP) is 3.38. The molecule has 1 aromatic carbocycles. The van der Waals surface area contributed by atoms with Crippen LogP contribution in [0.1, 0.15) is 33.9 Å². The van der Waals surface area contributed by atoms with E-state index in [1.807, 2.05) is 29.6 Å². The molecule has 7 heteroatoms. The monoisotopic (exact) mass is 377 g/mol. The van der Waals surface area contributed by atoms with E-state index >= 15 is 0 Å². The fourth-order valence-electron chi connectivity index (χ4n) is 3.64. The Bertz CT molecular complexity index is 1260. The van der Waals surface area contributed by atoms with Crippen molar-refractivity contribution in [2.24, 2.45) is 0 Å². The van der Waals surface area contributed by atoms with Crippen LogP contribution in [0.15, 0.2) is 40.5 Å². The number of aryl methyl sites for hydroxylation is 1. The quantitative estimate of drug-likeness (QED) is 0.553. The molecule has 4 aromatic rings. The molecule has 0 amide bonds. The lowest BCUT2D eigenvalue weighted by atomic mass is 10.0. The molecular formula is C20H15N3O3S. The fourth-order valence-corrected chi connectivity index (χ4v) is 4.37. The Kier molecular flexibility index (Phi) is 3.75. The van der Waals surface area contributed by atoms with Crippen molar-refractivity contribution in [1.82, 2.24) is 15.0 Å². The number of benzene rings is 1. The summed E-state index contributed by atoms with van der Waals surface area (Å²) >= 11 is 1.34. The highest BCUT2D eigenvalue weighted by Gasteiger charge is 2.24. The number of aromatic nitrogens is 3. The number of pyridine rings is 1. The minimum Gasteiger partial charge on any atom is -0.454 e. The van der Waals surface area contributed by atoms with Gasteiger partial charge >= 0.3 is 5.97 Å². The summed E-state index contributed by atoms with van der Waals surface area (Å²) in [6.45, 7) is -0.0781. The van der Waals surface area contributed by atoms with Gasteiger partial charge in [0.25, 0.3) is 5.56 Å². The molecule has 0 atom stereocenters. The van der Waals surface area contributed by atoms with Crippen LogP contribution < -0.4 is 5.56 Å². The average molecular weight is 377 g/mol. The number of carbonyl (C=O) groups excluding carboxylic acids is 1. The van der Waals surface area contributed by atoms with Gasteiger partial charge in [0.1, 0.15) is 17.1 Å². The van der Waals surface area contributed by atoms with Crippen LogP contribution in [0.25, 0.3) is 21.1 Å². The zero-order valence-electron chi connectivity index (χ0n) is 14.3. The number of ether oxygens (including phenoxy) is 1. The standard InChI is InChI=1S/C20H15N3O3S/c24-19-18-15(8-9-27-18)22-16(23-19)10-26-20(25)17-11-4-1-2-6-13(11)21-14-7-3-5-12(14)17/h1-2,4,6,8-9H,3,5,7,10H2,(H,22,23,24). The molecule has 3 aromatic heterocycles. The number of hydrogen-bond donors (Lipinski definition) is 1. The van der Waals surface area contributed by atoms with Crippen LogP contribution in [0.4, 0.5) is 0 Å². The van der Waals surface area contributed by atoms with Gasteiger partial charge in [-0.05, 0) is 42.3 Å². The highest BCUT2D eigenvalue weighted by Crippen LogP contribution is 2.30. The molecule has 0 aliphatic heterocycles. The molecule has 134 valence electrons. The van der Waals surface area contributed by atoms with Crippen molar-refractivity contribution in [2.45, 2.75) is 25.9 Å². The molecule has 0 unspecified atom stereocenters. The van der Waals surface area contributed by atoms with E-state index in [1.165, 1.54) is 11.3 Å². The Balaban J connectivity index is 1.50. The van der Waals surface area contributed by atoms with Crippen molar-refractivity contribution in [3.8, 4) is 0 Å². The van der Waals surface area contributed by atoms with Crippen molar-refractivity contribution in [1.29, 1.82) is 0 Å². The third kappa shape index (κ3) is 2.71. The van der Waals surface area contributed by atoms with Gasteiger partial charge < -0.3 is 9.72 Å². The number of hydrogen-bond acceptors (Lipinski definition) is 6. The Morgan fingerprint density at radius 3 is 2.96 bits per heavy atom. The molecule has 5 rings (SSSR count). The number of aromatic amines is 1. The van der Waals surface area contributed by atoms with Crippen molar-refractivity contribution in [2.75, 3.05) is 0 Å². The summed E-state index contributed by atoms with van der Waals surface area (Å²) in [6, 6.07) is 9.40. The van der Waals surface area contributed by atoms with Gasteiger partial charge in [-0.25, -0.2) is 9.78 Å². The molecule has 27 heavy (non-hydrogen) atoms. The van der Waals surface area contributed by atoms with E-state index in [9.17, 15) is 9.59 Å². The molecule has 1 aliphatic rings. The summed E-state index contributed by atoms with van der Waals surface area (Å²) in [5.41, 5.74) is 3.75. The van der Waals surface area contributed by atoms with Crippen LogP contribution in [-0.2, 0) is 24.2 Å². The van der Waals surface area contributed by atoms with Gasteiger partial charge in [0.15, 0.2) is 0 Å². The third-order valence-corrected chi connectivity index (χ3v) is 5.73. The highest BCUT2D eigenvalue weighted by molar-refractivity contribution is 7.17. The summed E-state index contributed by atoms with van der Waals surface area (Å²) in [4.78, 5) is 36.7. The number of esters is 1. The number of nitrogens with zero attached hydrogens (tertiary/aromatic N) is 2. The summed E-state index contributed by atoms with van der Waals surface area (Å²) < 4.78 is 6.10. The zero-order chi connectivity index (χ0) is 18.4. The number of fused-ring (bicyclic) bond motifs is 3. The first-order valence-corrected chi connectivity index (χ1v) is 9.62. The third-order valence-electron chi connectivity index (χ3n) is 4.83. The molecule has 0 fully saturated rings. The smallest absolute Gasteiger partial charge is 0.339 e. The number of thiophene rings is 1. The lowest BCUT2D eigenvalue weighted by Crippen LogP contribution is -2.15. The van der Waals surface area contributed by atoms with Gasteiger partial charge in [0.05, 0.1) is 16.6 Å². The second-order valence-corrected chi connectivity index (χ2v) is 7.42. The lowest BCUT2D eigenvalue weighted by Gasteiger charge is -2.12. The maximum absolute atomic E-state index is 12.9. The molecule has 0 saturated heterocycles. The van der Waals surface area contributed by atoms with Gasteiger partial charge in [-0.1, -0.05) is 18.2 Å². The van der Waals surface area contributed by atoms with Gasteiger partial charge in [-0.15, -0.1) is 11.3 Å². The summed E-state index contributed by atoms with van der Waals surface area (Å²) in [5.74, 6) is -0.0610. The van der Waals surface area contributed by atoms with Crippen LogP contribution in [-0.4, -0.2) is 20.9 Å². The van der Waals surface area contributed by atoms with E-state index in [2.05, 4.69) is 9.97 Å². The topological polar surface area (TPSA) is 84.9 Å². The minimum atomic E-state index is -0.403. The first kappa shape index (κ1) is 16.1. The first-order valence-electron chi connectivity index (χ1n) is 8.75. The SMILES string of the molecule is O=C(OCc1nc2ccsc2c(=O)[nH]1)c1c2c(nc3ccccc13)CCC2. The van der Waals surface area contributed by atoms with Crippen LogP contribution in [0.3, 0.4) is 0 Å². The van der Waals surface area contributed by atoms with Crippen LogP contribution >= 0.6 is 11.3 Å². The second kappa shape index (κ2) is 6.28. The molecule has 0 saturated carbocycles. The van der Waals surface area contributed by atoms with E-state index in [1.54, 1.807) is 6.07 Å². The summed E-state index contributed by atoms with van der Waals surface area (Å²) in [7, 11) is 0. The molecule has 1 aliphatic carbocycles. The fraction of sp³-hybridized carbons (Fsp3) is 0.200. The molecule has 6 nitrogen and oxygen atoms in total. The number of rotatable bonds is 3. The van der Waals surface area contributed by atoms with Gasteiger partial charge in [-0.2, -0.15) is 0 Å².